The number of halogens is 4. The van der Waals surface area contributed by atoms with Crippen molar-refractivity contribution in [3.63, 3.8) is 0 Å². The zero-order chi connectivity index (χ0) is 16.6. The molecule has 0 saturated carbocycles. The van der Waals surface area contributed by atoms with Gasteiger partial charge in [-0.05, 0) is 23.8 Å². The number of benzene rings is 2. The first-order chi connectivity index (χ1) is 11.0. The Bertz CT molecular complexity index is 702. The summed E-state index contributed by atoms with van der Waals surface area (Å²) in [4.78, 5) is 0. The van der Waals surface area contributed by atoms with Gasteiger partial charge in [0.05, 0.1) is 13.2 Å². The van der Waals surface area contributed by atoms with E-state index >= 15 is 0 Å². The third-order valence-corrected chi connectivity index (χ3v) is 3.62. The van der Waals surface area contributed by atoms with Crippen LogP contribution in [-0.4, -0.2) is 13.2 Å². The molecule has 2 aromatic rings. The first-order valence-corrected chi connectivity index (χ1v) is 7.13. The quantitative estimate of drug-likeness (QED) is 0.593. The van der Waals surface area contributed by atoms with Crippen molar-refractivity contribution < 1.29 is 27.0 Å². The summed E-state index contributed by atoms with van der Waals surface area (Å²) in [5.74, 6) is -4.74. The number of rotatable bonds is 2. The van der Waals surface area contributed by atoms with Crippen LogP contribution in [0, 0.1) is 29.2 Å². The van der Waals surface area contributed by atoms with Gasteiger partial charge in [0.15, 0.2) is 23.7 Å². The molecule has 23 heavy (non-hydrogen) atoms. The highest BCUT2D eigenvalue weighted by molar-refractivity contribution is 5.64. The summed E-state index contributed by atoms with van der Waals surface area (Å²) in [6.45, 7) is 2.97. The summed E-state index contributed by atoms with van der Waals surface area (Å²) in [6, 6.07) is 5.62. The SMILES string of the molecule is CC1COC(c2ccc(-c3cc(F)c(F)c(F)c3)c(F)c2)OC1. The summed E-state index contributed by atoms with van der Waals surface area (Å²) in [6.07, 6.45) is -0.670. The smallest absolute Gasteiger partial charge is 0.194 e. The lowest BCUT2D eigenvalue weighted by Crippen LogP contribution is -2.25. The van der Waals surface area contributed by atoms with Gasteiger partial charge in [-0.2, -0.15) is 0 Å². The molecular formula is C17H14F4O2. The second-order valence-corrected chi connectivity index (χ2v) is 5.60. The highest BCUT2D eigenvalue weighted by Gasteiger charge is 2.22. The Morgan fingerprint density at radius 2 is 1.48 bits per heavy atom. The molecule has 0 atom stereocenters. The van der Waals surface area contributed by atoms with Gasteiger partial charge < -0.3 is 9.47 Å². The van der Waals surface area contributed by atoms with E-state index in [1.807, 2.05) is 6.92 Å². The van der Waals surface area contributed by atoms with E-state index in [1.165, 1.54) is 12.1 Å². The topological polar surface area (TPSA) is 18.5 Å². The van der Waals surface area contributed by atoms with Crippen LogP contribution in [0.15, 0.2) is 30.3 Å². The third kappa shape index (κ3) is 3.23. The molecule has 1 saturated heterocycles. The van der Waals surface area contributed by atoms with E-state index < -0.39 is 29.6 Å². The van der Waals surface area contributed by atoms with Crippen LogP contribution in [0.4, 0.5) is 17.6 Å². The van der Waals surface area contributed by atoms with Crippen LogP contribution < -0.4 is 0 Å². The molecule has 0 N–H and O–H groups in total. The Hall–Kier alpha value is -1.92. The standard InChI is InChI=1S/C17H14F4O2/c1-9-7-22-17(23-8-9)10-2-3-12(13(18)4-10)11-5-14(19)16(21)15(20)6-11/h2-6,9,17H,7-8H2,1H3. The Kier molecular flexibility index (Phi) is 4.37. The molecule has 0 amide bonds. The number of hydrogen-bond acceptors (Lipinski definition) is 2. The van der Waals surface area contributed by atoms with E-state index in [1.54, 1.807) is 6.07 Å². The van der Waals surface area contributed by atoms with Crippen molar-refractivity contribution in [3.05, 3.63) is 59.2 Å². The van der Waals surface area contributed by atoms with Crippen LogP contribution in [0.3, 0.4) is 0 Å². The zero-order valence-electron chi connectivity index (χ0n) is 12.3. The Morgan fingerprint density at radius 3 is 2.04 bits per heavy atom. The highest BCUT2D eigenvalue weighted by Crippen LogP contribution is 2.31. The van der Waals surface area contributed by atoms with Gasteiger partial charge in [-0.15, -0.1) is 0 Å². The van der Waals surface area contributed by atoms with E-state index in [9.17, 15) is 17.6 Å². The Morgan fingerprint density at radius 1 is 0.870 bits per heavy atom. The van der Waals surface area contributed by atoms with Crippen LogP contribution in [0.25, 0.3) is 11.1 Å². The maximum absolute atomic E-state index is 14.3. The van der Waals surface area contributed by atoms with Crippen LogP contribution in [0.5, 0.6) is 0 Å². The highest BCUT2D eigenvalue weighted by atomic mass is 19.2. The average molecular weight is 326 g/mol. The van der Waals surface area contributed by atoms with Gasteiger partial charge in [-0.3, -0.25) is 0 Å². The average Bonchev–Trinajstić information content (AvgIpc) is 2.53. The fourth-order valence-electron chi connectivity index (χ4n) is 2.42. The van der Waals surface area contributed by atoms with Crippen molar-refractivity contribution in [3.8, 4) is 11.1 Å². The molecule has 0 spiro atoms. The van der Waals surface area contributed by atoms with Crippen LogP contribution >= 0.6 is 0 Å². The van der Waals surface area contributed by atoms with Crippen molar-refractivity contribution in [2.75, 3.05) is 13.2 Å². The maximum Gasteiger partial charge on any atom is 0.194 e. The molecule has 0 aromatic heterocycles. The number of ether oxygens (including phenoxy) is 2. The predicted octanol–water partition coefficient (Wildman–Crippen LogP) is 4.59. The molecule has 1 heterocycles. The monoisotopic (exact) mass is 326 g/mol. The van der Waals surface area contributed by atoms with Crippen molar-refractivity contribution in [2.24, 2.45) is 5.92 Å². The van der Waals surface area contributed by atoms with E-state index in [2.05, 4.69) is 0 Å². The van der Waals surface area contributed by atoms with Crippen LogP contribution in [-0.2, 0) is 9.47 Å². The molecular weight excluding hydrogens is 312 g/mol. The van der Waals surface area contributed by atoms with Crippen LogP contribution in [0.2, 0.25) is 0 Å². The molecule has 0 aliphatic carbocycles. The Balaban J connectivity index is 1.91. The summed E-state index contributed by atoms with van der Waals surface area (Å²) in [7, 11) is 0. The lowest BCUT2D eigenvalue weighted by atomic mass is 10.0. The second kappa shape index (κ2) is 6.29. The molecule has 122 valence electrons. The van der Waals surface area contributed by atoms with Gasteiger partial charge in [0, 0.05) is 17.0 Å². The van der Waals surface area contributed by atoms with Crippen molar-refractivity contribution >= 4 is 0 Å². The maximum atomic E-state index is 14.3. The predicted molar refractivity (Wildman–Crippen MR) is 75.5 cm³/mol. The van der Waals surface area contributed by atoms with E-state index in [4.69, 9.17) is 9.47 Å². The molecule has 1 aliphatic heterocycles. The molecule has 3 rings (SSSR count). The fourth-order valence-corrected chi connectivity index (χ4v) is 2.42. The van der Waals surface area contributed by atoms with Gasteiger partial charge in [0.2, 0.25) is 0 Å². The van der Waals surface area contributed by atoms with Crippen molar-refractivity contribution in [2.45, 2.75) is 13.2 Å². The minimum Gasteiger partial charge on any atom is -0.348 e. The molecule has 6 heteroatoms. The van der Waals surface area contributed by atoms with Gasteiger partial charge in [-0.25, -0.2) is 17.6 Å². The first kappa shape index (κ1) is 16.0. The minimum absolute atomic E-state index is 0.0317. The van der Waals surface area contributed by atoms with Crippen LogP contribution in [0.1, 0.15) is 18.8 Å². The number of hydrogen-bond donors (Lipinski definition) is 0. The first-order valence-electron chi connectivity index (χ1n) is 7.13. The summed E-state index contributed by atoms with van der Waals surface area (Å²) >= 11 is 0. The third-order valence-electron chi connectivity index (χ3n) is 3.62. The van der Waals surface area contributed by atoms with E-state index in [-0.39, 0.29) is 17.0 Å². The molecule has 2 nitrogen and oxygen atoms in total. The lowest BCUT2D eigenvalue weighted by molar-refractivity contribution is -0.202. The second-order valence-electron chi connectivity index (χ2n) is 5.60. The van der Waals surface area contributed by atoms with Gasteiger partial charge >= 0.3 is 0 Å². The molecule has 2 aromatic carbocycles. The van der Waals surface area contributed by atoms with Gasteiger partial charge in [-0.1, -0.05) is 19.1 Å². The minimum atomic E-state index is -1.58. The molecule has 1 aliphatic rings. The van der Waals surface area contributed by atoms with E-state index in [0.717, 1.165) is 12.1 Å². The largest absolute Gasteiger partial charge is 0.348 e. The summed E-state index contributed by atoms with van der Waals surface area (Å²) < 4.78 is 64.8. The lowest BCUT2D eigenvalue weighted by Gasteiger charge is -2.27. The molecule has 0 radical (unpaired) electrons. The van der Waals surface area contributed by atoms with Gasteiger partial charge in [0.25, 0.3) is 0 Å². The molecule has 1 fully saturated rings. The van der Waals surface area contributed by atoms with E-state index in [0.29, 0.717) is 18.8 Å². The molecule has 0 unspecified atom stereocenters. The van der Waals surface area contributed by atoms with Crippen molar-refractivity contribution in [1.82, 2.24) is 0 Å². The normalized spacial score (nSPS) is 21.4. The fraction of sp³-hybridized carbons (Fsp3) is 0.294. The summed E-state index contributed by atoms with van der Waals surface area (Å²) in [5, 5.41) is 0. The van der Waals surface area contributed by atoms with Gasteiger partial charge in [0.1, 0.15) is 5.82 Å². The molecule has 0 bridgehead atoms. The van der Waals surface area contributed by atoms with Crippen molar-refractivity contribution in [1.29, 1.82) is 0 Å². The zero-order valence-corrected chi connectivity index (χ0v) is 12.3. The summed E-state index contributed by atoms with van der Waals surface area (Å²) in [5.41, 5.74) is 0.362. The Labute approximate surface area is 130 Å².